The van der Waals surface area contributed by atoms with Crippen molar-refractivity contribution < 1.29 is 18.7 Å². The summed E-state index contributed by atoms with van der Waals surface area (Å²) in [6.45, 7) is 2.95. The second kappa shape index (κ2) is 7.94. The molecule has 2 saturated heterocycles. The molecule has 0 aromatic heterocycles. The minimum atomic E-state index is -0.300. The molecule has 0 N–H and O–H groups in total. The molecular formula is C18H25FN2O3. The number of nitrogens with zero attached hydrogens (tertiary/aromatic N) is 2. The van der Waals surface area contributed by atoms with Crippen LogP contribution in [-0.4, -0.2) is 56.5 Å². The fraction of sp³-hybridized carbons (Fsp3) is 0.611. The SMILES string of the molecule is CN(C(=O)N1CCC(OC2CCOCC2)CC1)c1ccc(F)cc1. The lowest BCUT2D eigenvalue weighted by molar-refractivity contribution is -0.0817. The number of hydrogen-bond donors (Lipinski definition) is 0. The average molecular weight is 336 g/mol. The quantitative estimate of drug-likeness (QED) is 0.852. The third kappa shape index (κ3) is 4.24. The molecule has 2 heterocycles. The van der Waals surface area contributed by atoms with Gasteiger partial charge in [0, 0.05) is 39.0 Å². The van der Waals surface area contributed by atoms with E-state index in [1.165, 1.54) is 12.1 Å². The highest BCUT2D eigenvalue weighted by Crippen LogP contribution is 2.22. The first kappa shape index (κ1) is 17.2. The smallest absolute Gasteiger partial charge is 0.324 e. The molecule has 2 aliphatic heterocycles. The number of rotatable bonds is 3. The molecule has 132 valence electrons. The van der Waals surface area contributed by atoms with Crippen LogP contribution in [0.5, 0.6) is 0 Å². The zero-order chi connectivity index (χ0) is 16.9. The first-order valence-corrected chi connectivity index (χ1v) is 8.65. The largest absolute Gasteiger partial charge is 0.381 e. The molecule has 24 heavy (non-hydrogen) atoms. The Balaban J connectivity index is 1.48. The van der Waals surface area contributed by atoms with Crippen LogP contribution < -0.4 is 4.90 Å². The number of carbonyl (C=O) groups excluding carboxylic acids is 1. The van der Waals surface area contributed by atoms with Gasteiger partial charge in [0.1, 0.15) is 5.82 Å². The standard InChI is InChI=1S/C18H25FN2O3/c1-20(15-4-2-14(19)3-5-15)18(22)21-10-6-16(7-11-21)24-17-8-12-23-13-9-17/h2-5,16-17H,6-13H2,1H3. The van der Waals surface area contributed by atoms with E-state index in [-0.39, 0.29) is 18.0 Å². The monoisotopic (exact) mass is 336 g/mol. The van der Waals surface area contributed by atoms with Gasteiger partial charge >= 0.3 is 6.03 Å². The van der Waals surface area contributed by atoms with E-state index in [4.69, 9.17) is 9.47 Å². The lowest BCUT2D eigenvalue weighted by Gasteiger charge is -2.36. The minimum absolute atomic E-state index is 0.0499. The lowest BCUT2D eigenvalue weighted by atomic mass is 10.1. The summed E-state index contributed by atoms with van der Waals surface area (Å²) in [7, 11) is 1.72. The van der Waals surface area contributed by atoms with Gasteiger partial charge in [0.2, 0.25) is 0 Å². The third-order valence-electron chi connectivity index (χ3n) is 4.77. The molecule has 0 unspecified atom stereocenters. The predicted octanol–water partition coefficient (Wildman–Crippen LogP) is 3.04. The maximum Gasteiger partial charge on any atom is 0.324 e. The fourth-order valence-corrected chi connectivity index (χ4v) is 3.25. The highest BCUT2D eigenvalue weighted by atomic mass is 19.1. The van der Waals surface area contributed by atoms with Gasteiger partial charge in [-0.2, -0.15) is 0 Å². The average Bonchev–Trinajstić information content (AvgIpc) is 2.63. The van der Waals surface area contributed by atoms with Gasteiger partial charge in [0.05, 0.1) is 12.2 Å². The number of halogens is 1. The van der Waals surface area contributed by atoms with Gasteiger partial charge in [-0.15, -0.1) is 0 Å². The van der Waals surface area contributed by atoms with Crippen molar-refractivity contribution in [1.82, 2.24) is 4.90 Å². The molecule has 5 nitrogen and oxygen atoms in total. The van der Waals surface area contributed by atoms with Crippen LogP contribution in [-0.2, 0) is 9.47 Å². The number of amides is 2. The summed E-state index contributed by atoms with van der Waals surface area (Å²) in [5.74, 6) is -0.300. The number of benzene rings is 1. The Morgan fingerprint density at radius 3 is 2.33 bits per heavy atom. The van der Waals surface area contributed by atoms with E-state index in [1.807, 2.05) is 4.90 Å². The number of hydrogen-bond acceptors (Lipinski definition) is 3. The van der Waals surface area contributed by atoms with Crippen molar-refractivity contribution in [2.24, 2.45) is 0 Å². The van der Waals surface area contributed by atoms with Crippen molar-refractivity contribution in [2.75, 3.05) is 38.3 Å². The number of carbonyl (C=O) groups is 1. The van der Waals surface area contributed by atoms with Gasteiger partial charge in [-0.05, 0) is 49.9 Å². The molecule has 0 saturated carbocycles. The van der Waals surface area contributed by atoms with Crippen molar-refractivity contribution in [3.63, 3.8) is 0 Å². The highest BCUT2D eigenvalue weighted by molar-refractivity contribution is 5.91. The van der Waals surface area contributed by atoms with Gasteiger partial charge in [-0.3, -0.25) is 4.90 Å². The van der Waals surface area contributed by atoms with Crippen LogP contribution in [0.4, 0.5) is 14.9 Å². The molecule has 2 amide bonds. The van der Waals surface area contributed by atoms with Crippen molar-refractivity contribution in [3.8, 4) is 0 Å². The van der Waals surface area contributed by atoms with Crippen LogP contribution in [0.15, 0.2) is 24.3 Å². The first-order valence-electron chi connectivity index (χ1n) is 8.65. The van der Waals surface area contributed by atoms with Crippen LogP contribution in [0.2, 0.25) is 0 Å². The zero-order valence-corrected chi connectivity index (χ0v) is 14.1. The molecule has 6 heteroatoms. The number of anilines is 1. The Morgan fingerprint density at radius 1 is 1.12 bits per heavy atom. The minimum Gasteiger partial charge on any atom is -0.381 e. The van der Waals surface area contributed by atoms with E-state index in [9.17, 15) is 9.18 Å². The Morgan fingerprint density at radius 2 is 1.71 bits per heavy atom. The van der Waals surface area contributed by atoms with E-state index in [0.717, 1.165) is 38.9 Å². The van der Waals surface area contributed by atoms with Gasteiger partial charge in [0.25, 0.3) is 0 Å². The number of likely N-dealkylation sites (tertiary alicyclic amines) is 1. The first-order chi connectivity index (χ1) is 11.6. The molecule has 2 fully saturated rings. The van der Waals surface area contributed by atoms with E-state index in [0.29, 0.717) is 24.9 Å². The maximum atomic E-state index is 13.0. The summed E-state index contributed by atoms with van der Waals surface area (Å²) >= 11 is 0. The number of piperidine rings is 1. The van der Waals surface area contributed by atoms with Gasteiger partial charge in [-0.1, -0.05) is 0 Å². The van der Waals surface area contributed by atoms with Crippen molar-refractivity contribution in [3.05, 3.63) is 30.1 Å². The zero-order valence-electron chi connectivity index (χ0n) is 14.1. The number of ether oxygens (including phenoxy) is 2. The predicted molar refractivity (Wildman–Crippen MR) is 89.7 cm³/mol. The van der Waals surface area contributed by atoms with Crippen molar-refractivity contribution >= 4 is 11.7 Å². The van der Waals surface area contributed by atoms with Crippen LogP contribution in [0.1, 0.15) is 25.7 Å². The van der Waals surface area contributed by atoms with E-state index >= 15 is 0 Å². The molecule has 0 bridgehead atoms. The summed E-state index contributed by atoms with van der Waals surface area (Å²) in [5, 5.41) is 0. The van der Waals surface area contributed by atoms with Crippen molar-refractivity contribution in [1.29, 1.82) is 0 Å². The molecule has 0 radical (unpaired) electrons. The van der Waals surface area contributed by atoms with Crippen LogP contribution in [0, 0.1) is 5.82 Å². The second-order valence-electron chi connectivity index (χ2n) is 6.45. The Hall–Kier alpha value is -1.66. The Bertz CT molecular complexity index is 538. The second-order valence-corrected chi connectivity index (χ2v) is 6.45. The van der Waals surface area contributed by atoms with E-state index in [1.54, 1.807) is 24.1 Å². The Kier molecular flexibility index (Phi) is 5.68. The van der Waals surface area contributed by atoms with E-state index < -0.39 is 0 Å². The maximum absolute atomic E-state index is 13.0. The summed E-state index contributed by atoms with van der Waals surface area (Å²) < 4.78 is 24.5. The van der Waals surface area contributed by atoms with Crippen LogP contribution >= 0.6 is 0 Å². The van der Waals surface area contributed by atoms with Gasteiger partial charge in [0.15, 0.2) is 0 Å². The Labute approximate surface area is 142 Å². The molecule has 0 spiro atoms. The summed E-state index contributed by atoms with van der Waals surface area (Å²) in [4.78, 5) is 16.0. The summed E-state index contributed by atoms with van der Waals surface area (Å²) in [6.07, 6.45) is 4.18. The third-order valence-corrected chi connectivity index (χ3v) is 4.77. The summed E-state index contributed by atoms with van der Waals surface area (Å²) in [5.41, 5.74) is 0.696. The molecule has 2 aliphatic rings. The molecule has 1 aromatic carbocycles. The molecule has 0 atom stereocenters. The van der Waals surface area contributed by atoms with Crippen LogP contribution in [0.3, 0.4) is 0 Å². The number of urea groups is 1. The lowest BCUT2D eigenvalue weighted by Crippen LogP contribution is -2.47. The molecular weight excluding hydrogens is 311 g/mol. The molecule has 0 aliphatic carbocycles. The highest BCUT2D eigenvalue weighted by Gasteiger charge is 2.28. The summed E-state index contributed by atoms with van der Waals surface area (Å²) in [6, 6.07) is 5.92. The van der Waals surface area contributed by atoms with Gasteiger partial charge < -0.3 is 14.4 Å². The normalized spacial score (nSPS) is 20.2. The fourth-order valence-electron chi connectivity index (χ4n) is 3.25. The van der Waals surface area contributed by atoms with Gasteiger partial charge in [-0.25, -0.2) is 9.18 Å². The molecule has 1 aromatic rings. The van der Waals surface area contributed by atoms with Crippen LogP contribution in [0.25, 0.3) is 0 Å². The van der Waals surface area contributed by atoms with E-state index in [2.05, 4.69) is 0 Å². The topological polar surface area (TPSA) is 42.0 Å². The van der Waals surface area contributed by atoms with Crippen molar-refractivity contribution in [2.45, 2.75) is 37.9 Å². The molecule has 3 rings (SSSR count).